The van der Waals surface area contributed by atoms with Crippen molar-refractivity contribution in [3.8, 4) is 0 Å². The van der Waals surface area contributed by atoms with Gasteiger partial charge in [0.1, 0.15) is 0 Å². The van der Waals surface area contributed by atoms with Gasteiger partial charge in [0.15, 0.2) is 0 Å². The highest BCUT2D eigenvalue weighted by atomic mass is 13.8. The summed E-state index contributed by atoms with van der Waals surface area (Å²) in [6.07, 6.45) is 7.78. The normalized spacial score (nSPS) is 9.00. The molecule has 0 spiro atoms. The Kier molecular flexibility index (Phi) is 4.74. The first-order valence-corrected chi connectivity index (χ1v) is 4.89. The van der Waals surface area contributed by atoms with Gasteiger partial charge in [-0.05, 0) is 30.6 Å². The van der Waals surface area contributed by atoms with Crippen LogP contribution in [0.3, 0.4) is 0 Å². The van der Waals surface area contributed by atoms with Gasteiger partial charge < -0.3 is 0 Å². The first kappa shape index (κ1) is 9.83. The fraction of sp³-hybridized carbons (Fsp3) is 0.308. The predicted molar refractivity (Wildman–Crippen MR) is 58.5 cm³/mol. The minimum atomic E-state index is 1.14. The van der Waals surface area contributed by atoms with Crippen molar-refractivity contribution < 1.29 is 0 Å². The standard InChI is InChI=1S/C13H16/c1-2-3-4-5-7-10-13-11-8-6-9-12-13/h5-6,8-12H,2-4H2,1H3. The van der Waals surface area contributed by atoms with E-state index in [1.165, 1.54) is 18.4 Å². The SMILES string of the molecule is CCCCC=C=Cc1ccccc1. The van der Waals surface area contributed by atoms with E-state index in [2.05, 4.69) is 30.9 Å². The van der Waals surface area contributed by atoms with Crippen LogP contribution in [0.2, 0.25) is 0 Å². The van der Waals surface area contributed by atoms with E-state index in [0.717, 1.165) is 6.42 Å². The van der Waals surface area contributed by atoms with Crippen LogP contribution < -0.4 is 0 Å². The topological polar surface area (TPSA) is 0 Å². The summed E-state index contributed by atoms with van der Waals surface area (Å²) in [4.78, 5) is 0. The lowest BCUT2D eigenvalue weighted by atomic mass is 10.2. The van der Waals surface area contributed by atoms with E-state index in [-0.39, 0.29) is 0 Å². The van der Waals surface area contributed by atoms with Crippen LogP contribution in [0, 0.1) is 0 Å². The molecule has 0 amide bonds. The Morgan fingerprint density at radius 2 is 2.00 bits per heavy atom. The highest BCUT2D eigenvalue weighted by Crippen LogP contribution is 2.00. The minimum absolute atomic E-state index is 1.14. The van der Waals surface area contributed by atoms with Gasteiger partial charge in [-0.1, -0.05) is 43.7 Å². The maximum absolute atomic E-state index is 3.19. The number of benzene rings is 1. The Hall–Kier alpha value is -1.26. The van der Waals surface area contributed by atoms with Crippen LogP contribution in [0.15, 0.2) is 42.1 Å². The summed E-state index contributed by atoms with van der Waals surface area (Å²) < 4.78 is 0. The molecule has 0 bridgehead atoms. The minimum Gasteiger partial charge on any atom is -0.125 e. The van der Waals surface area contributed by atoms with Gasteiger partial charge in [-0.2, -0.15) is 0 Å². The third-order valence-electron chi connectivity index (χ3n) is 1.87. The smallest absolute Gasteiger partial charge is 0.0131 e. The molecule has 0 heterocycles. The van der Waals surface area contributed by atoms with Gasteiger partial charge in [0.2, 0.25) is 0 Å². The van der Waals surface area contributed by atoms with Crippen molar-refractivity contribution in [2.45, 2.75) is 26.2 Å². The van der Waals surface area contributed by atoms with Crippen LogP contribution in [-0.4, -0.2) is 0 Å². The molecule has 0 aromatic heterocycles. The summed E-state index contributed by atoms with van der Waals surface area (Å²) in [7, 11) is 0. The van der Waals surface area contributed by atoms with E-state index >= 15 is 0 Å². The Balaban J connectivity index is 2.44. The molecule has 0 fully saturated rings. The molecule has 1 aromatic rings. The maximum Gasteiger partial charge on any atom is -0.0131 e. The molecule has 0 saturated carbocycles. The quantitative estimate of drug-likeness (QED) is 0.475. The van der Waals surface area contributed by atoms with Crippen LogP contribution in [-0.2, 0) is 0 Å². The van der Waals surface area contributed by atoms with Gasteiger partial charge in [-0.15, -0.1) is 5.73 Å². The molecule has 1 rings (SSSR count). The van der Waals surface area contributed by atoms with Crippen molar-refractivity contribution >= 4 is 6.08 Å². The van der Waals surface area contributed by atoms with Gasteiger partial charge in [-0.3, -0.25) is 0 Å². The number of allylic oxidation sites excluding steroid dienone is 1. The zero-order valence-corrected chi connectivity index (χ0v) is 8.16. The van der Waals surface area contributed by atoms with Crippen molar-refractivity contribution in [3.63, 3.8) is 0 Å². The largest absolute Gasteiger partial charge is 0.125 e. The van der Waals surface area contributed by atoms with Crippen molar-refractivity contribution in [1.82, 2.24) is 0 Å². The second kappa shape index (κ2) is 6.28. The van der Waals surface area contributed by atoms with E-state index in [0.29, 0.717) is 0 Å². The average molecular weight is 172 g/mol. The van der Waals surface area contributed by atoms with E-state index in [4.69, 9.17) is 0 Å². The zero-order chi connectivity index (χ0) is 9.36. The van der Waals surface area contributed by atoms with E-state index in [1.54, 1.807) is 0 Å². The van der Waals surface area contributed by atoms with Crippen molar-refractivity contribution in [2.24, 2.45) is 0 Å². The lowest BCUT2D eigenvalue weighted by Gasteiger charge is -1.87. The number of rotatable bonds is 4. The van der Waals surface area contributed by atoms with Crippen LogP contribution in [0.4, 0.5) is 0 Å². The van der Waals surface area contributed by atoms with Crippen molar-refractivity contribution in [1.29, 1.82) is 0 Å². The van der Waals surface area contributed by atoms with E-state index in [9.17, 15) is 0 Å². The third kappa shape index (κ3) is 4.35. The van der Waals surface area contributed by atoms with Gasteiger partial charge in [0.25, 0.3) is 0 Å². The number of unbranched alkanes of at least 4 members (excludes halogenated alkanes) is 2. The lowest BCUT2D eigenvalue weighted by molar-refractivity contribution is 0.815. The van der Waals surface area contributed by atoms with E-state index < -0.39 is 0 Å². The van der Waals surface area contributed by atoms with E-state index in [1.807, 2.05) is 24.3 Å². The Morgan fingerprint density at radius 3 is 2.69 bits per heavy atom. The van der Waals surface area contributed by atoms with Crippen LogP contribution in [0.1, 0.15) is 31.7 Å². The first-order valence-electron chi connectivity index (χ1n) is 4.89. The Labute approximate surface area is 80.6 Å². The molecule has 0 aliphatic rings. The van der Waals surface area contributed by atoms with Gasteiger partial charge >= 0.3 is 0 Å². The molecule has 1 aromatic carbocycles. The molecule has 0 unspecified atom stereocenters. The van der Waals surface area contributed by atoms with Gasteiger partial charge in [0.05, 0.1) is 0 Å². The second-order valence-corrected chi connectivity index (χ2v) is 3.07. The summed E-state index contributed by atoms with van der Waals surface area (Å²) in [6, 6.07) is 10.3. The van der Waals surface area contributed by atoms with Crippen LogP contribution in [0.5, 0.6) is 0 Å². The molecule has 0 aliphatic heterocycles. The summed E-state index contributed by atoms with van der Waals surface area (Å²) in [5.41, 5.74) is 4.40. The fourth-order valence-electron chi connectivity index (χ4n) is 1.09. The predicted octanol–water partition coefficient (Wildman–Crippen LogP) is 4.05. The molecule has 0 saturated heterocycles. The molecule has 0 atom stereocenters. The Morgan fingerprint density at radius 1 is 1.23 bits per heavy atom. The molecular weight excluding hydrogens is 156 g/mol. The summed E-state index contributed by atoms with van der Waals surface area (Å²) in [6.45, 7) is 2.20. The molecule has 0 N–H and O–H groups in total. The van der Waals surface area contributed by atoms with Crippen LogP contribution >= 0.6 is 0 Å². The third-order valence-corrected chi connectivity index (χ3v) is 1.87. The number of hydrogen-bond donors (Lipinski definition) is 0. The highest BCUT2D eigenvalue weighted by molar-refractivity contribution is 5.47. The number of hydrogen-bond acceptors (Lipinski definition) is 0. The maximum atomic E-state index is 3.19. The van der Waals surface area contributed by atoms with Crippen molar-refractivity contribution in [3.05, 3.63) is 47.7 Å². The first-order chi connectivity index (χ1) is 6.43. The van der Waals surface area contributed by atoms with Crippen molar-refractivity contribution in [2.75, 3.05) is 0 Å². The van der Waals surface area contributed by atoms with Gasteiger partial charge in [-0.25, -0.2) is 0 Å². The molecule has 0 aliphatic carbocycles. The highest BCUT2D eigenvalue weighted by Gasteiger charge is 1.79. The zero-order valence-electron chi connectivity index (χ0n) is 8.16. The van der Waals surface area contributed by atoms with Crippen LogP contribution in [0.25, 0.3) is 6.08 Å². The monoisotopic (exact) mass is 172 g/mol. The summed E-state index contributed by atoms with van der Waals surface area (Å²) >= 11 is 0. The lowest BCUT2D eigenvalue weighted by Crippen LogP contribution is -1.66. The van der Waals surface area contributed by atoms with Gasteiger partial charge in [0, 0.05) is 0 Å². The summed E-state index contributed by atoms with van der Waals surface area (Å²) in [5.74, 6) is 0. The fourth-order valence-corrected chi connectivity index (χ4v) is 1.09. The second-order valence-electron chi connectivity index (χ2n) is 3.07. The molecule has 0 radical (unpaired) electrons. The molecule has 0 nitrogen and oxygen atoms in total. The molecule has 13 heavy (non-hydrogen) atoms. The Bertz CT molecular complexity index is 276. The average Bonchev–Trinajstić information content (AvgIpc) is 2.19. The molecule has 0 heteroatoms. The summed E-state index contributed by atoms with van der Waals surface area (Å²) in [5, 5.41) is 0. The molecule has 68 valence electrons. The molecular formula is C13H16.